The molecule has 1 aromatic carbocycles. The Kier molecular flexibility index (Phi) is 7.37. The first-order valence-electron chi connectivity index (χ1n) is 10.4. The predicted molar refractivity (Wildman–Crippen MR) is 113 cm³/mol. The number of nitrogens with zero attached hydrogens (tertiary/aromatic N) is 1. The topological polar surface area (TPSA) is 110 Å². The maximum Gasteiger partial charge on any atom is 0.460 e. The van der Waals surface area contributed by atoms with Gasteiger partial charge >= 0.3 is 29.9 Å². The van der Waals surface area contributed by atoms with Gasteiger partial charge in [-0.15, -0.1) is 0 Å². The molecular weight excluding hydrogens is 519 g/mol. The molecule has 0 radical (unpaired) electrons. The second-order valence-corrected chi connectivity index (χ2v) is 7.85. The number of hydrogen-bond acceptors (Lipinski definition) is 6. The fourth-order valence-electron chi connectivity index (χ4n) is 3.56. The van der Waals surface area contributed by atoms with E-state index in [1.807, 2.05) is 0 Å². The number of rotatable bonds is 6. The number of carbonyl (C=O) groups is 3. The Morgan fingerprint density at radius 1 is 1.03 bits per heavy atom. The largest absolute Gasteiger partial charge is 0.465 e. The normalized spacial score (nSPS) is 15.2. The summed E-state index contributed by atoms with van der Waals surface area (Å²) in [6.07, 6.45) is -6.16. The number of methoxy groups -OCH3 is 1. The molecule has 8 nitrogen and oxygen atoms in total. The van der Waals surface area contributed by atoms with Gasteiger partial charge in [0, 0.05) is 17.5 Å². The van der Waals surface area contributed by atoms with Crippen LogP contribution in [-0.2, 0) is 16.0 Å². The number of ether oxygens (including phenoxy) is 1. The number of fused-ring (bicyclic) bond motifs is 1. The van der Waals surface area contributed by atoms with Crippen molar-refractivity contribution in [2.24, 2.45) is 5.10 Å². The molecule has 37 heavy (non-hydrogen) atoms. The standard InChI is InChI=1S/C22H18F7N3O5/c1-10-15-13(31-32-19(35)20(23,24)21(25,26)22(27,28)29)8-5-9-14(15)37-16(10)17(33)30-12-7-4-3-6-11(12)18(34)36-2/h3-4,6-7H,5,8-9H2,1-2H3,(H,30,33)(H,32,35)/b31-13+. The summed E-state index contributed by atoms with van der Waals surface area (Å²) in [6.45, 7) is 1.39. The second kappa shape index (κ2) is 9.86. The van der Waals surface area contributed by atoms with Crippen molar-refractivity contribution in [1.82, 2.24) is 5.43 Å². The van der Waals surface area contributed by atoms with Crippen molar-refractivity contribution in [1.29, 1.82) is 0 Å². The predicted octanol–water partition coefficient (Wildman–Crippen LogP) is 4.62. The van der Waals surface area contributed by atoms with E-state index in [-0.39, 0.29) is 58.9 Å². The molecule has 0 saturated heterocycles. The number of halogens is 7. The SMILES string of the molecule is COC(=O)c1ccccc1NC(=O)c1oc2c(c1C)/C(=N/NC(=O)C(F)(F)C(F)(F)C(F)(F)F)CCC2. The Morgan fingerprint density at radius 3 is 2.30 bits per heavy atom. The highest BCUT2D eigenvalue weighted by atomic mass is 19.4. The number of benzene rings is 1. The zero-order valence-electron chi connectivity index (χ0n) is 19.1. The van der Waals surface area contributed by atoms with Crippen molar-refractivity contribution in [3.63, 3.8) is 0 Å². The molecule has 15 heteroatoms. The first-order valence-corrected chi connectivity index (χ1v) is 10.4. The van der Waals surface area contributed by atoms with E-state index < -0.39 is 35.8 Å². The first kappa shape index (κ1) is 27.7. The molecule has 0 aliphatic heterocycles. The van der Waals surface area contributed by atoms with Crippen LogP contribution in [0.4, 0.5) is 36.4 Å². The average molecular weight is 537 g/mol. The third-order valence-electron chi connectivity index (χ3n) is 5.44. The Bertz CT molecular complexity index is 1270. The molecule has 3 rings (SSSR count). The molecule has 2 N–H and O–H groups in total. The lowest BCUT2D eigenvalue weighted by Gasteiger charge is -2.26. The number of hydrogen-bond donors (Lipinski definition) is 2. The number of nitrogens with one attached hydrogen (secondary N) is 2. The Morgan fingerprint density at radius 2 is 1.68 bits per heavy atom. The van der Waals surface area contributed by atoms with E-state index in [0.29, 0.717) is 0 Å². The van der Waals surface area contributed by atoms with Crippen molar-refractivity contribution in [2.45, 2.75) is 44.2 Å². The number of esters is 1. The highest BCUT2D eigenvalue weighted by Crippen LogP contribution is 2.46. The molecule has 1 aliphatic rings. The third-order valence-corrected chi connectivity index (χ3v) is 5.44. The molecule has 2 aromatic rings. The Labute approximate surface area is 203 Å². The van der Waals surface area contributed by atoms with Crippen molar-refractivity contribution < 1.29 is 54.3 Å². The zero-order chi connectivity index (χ0) is 27.8. The van der Waals surface area contributed by atoms with E-state index in [4.69, 9.17) is 4.42 Å². The number of amides is 2. The lowest BCUT2D eigenvalue weighted by atomic mass is 9.93. The maximum atomic E-state index is 13.6. The minimum absolute atomic E-state index is 0.00111. The number of alkyl halides is 7. The van der Waals surface area contributed by atoms with Crippen LogP contribution in [0, 0.1) is 6.92 Å². The highest BCUT2D eigenvalue weighted by molar-refractivity contribution is 6.11. The second-order valence-electron chi connectivity index (χ2n) is 7.85. The van der Waals surface area contributed by atoms with Gasteiger partial charge in [-0.05, 0) is 31.9 Å². The molecule has 2 amide bonds. The number of furan rings is 1. The Hall–Kier alpha value is -3.91. The van der Waals surface area contributed by atoms with E-state index in [0.717, 1.165) is 12.5 Å². The summed E-state index contributed by atoms with van der Waals surface area (Å²) in [4.78, 5) is 36.3. The van der Waals surface area contributed by atoms with Crippen LogP contribution in [0.2, 0.25) is 0 Å². The van der Waals surface area contributed by atoms with Crippen LogP contribution in [0.5, 0.6) is 0 Å². The first-order chi connectivity index (χ1) is 17.1. The number of carbonyl (C=O) groups excluding carboxylic acids is 3. The van der Waals surface area contributed by atoms with Gasteiger partial charge in [0.25, 0.3) is 5.91 Å². The number of anilines is 1. The van der Waals surface area contributed by atoms with E-state index in [1.165, 1.54) is 31.2 Å². The molecular formula is C22H18F7N3O5. The van der Waals surface area contributed by atoms with E-state index >= 15 is 0 Å². The number of hydrazone groups is 1. The van der Waals surface area contributed by atoms with Gasteiger partial charge < -0.3 is 14.5 Å². The monoisotopic (exact) mass is 537 g/mol. The van der Waals surface area contributed by atoms with Gasteiger partial charge in [0.15, 0.2) is 5.76 Å². The number of para-hydroxylation sites is 1. The summed E-state index contributed by atoms with van der Waals surface area (Å²) in [6, 6.07) is 5.88. The summed E-state index contributed by atoms with van der Waals surface area (Å²) >= 11 is 0. The van der Waals surface area contributed by atoms with Crippen molar-refractivity contribution >= 4 is 29.2 Å². The van der Waals surface area contributed by atoms with Gasteiger partial charge in [0.1, 0.15) is 5.76 Å². The van der Waals surface area contributed by atoms with E-state index in [1.54, 1.807) is 0 Å². The smallest absolute Gasteiger partial charge is 0.460 e. The van der Waals surface area contributed by atoms with Gasteiger partial charge in [0.05, 0.1) is 24.1 Å². The molecule has 0 spiro atoms. The van der Waals surface area contributed by atoms with Crippen LogP contribution in [0.3, 0.4) is 0 Å². The van der Waals surface area contributed by atoms with Crippen LogP contribution in [-0.4, -0.2) is 48.6 Å². The van der Waals surface area contributed by atoms with Gasteiger partial charge in [-0.25, -0.2) is 10.2 Å². The van der Waals surface area contributed by atoms with Crippen molar-refractivity contribution in [3.05, 3.63) is 52.5 Å². The highest BCUT2D eigenvalue weighted by Gasteiger charge is 2.76. The number of aryl methyl sites for hydroxylation is 1. The van der Waals surface area contributed by atoms with Crippen molar-refractivity contribution in [2.75, 3.05) is 12.4 Å². The minimum atomic E-state index is -6.69. The van der Waals surface area contributed by atoms with Crippen LogP contribution in [0.15, 0.2) is 33.8 Å². The summed E-state index contributed by atoms with van der Waals surface area (Å²) < 4.78 is 101. The minimum Gasteiger partial charge on any atom is -0.465 e. The molecule has 0 saturated carbocycles. The molecule has 1 aromatic heterocycles. The molecule has 0 bridgehead atoms. The lowest BCUT2D eigenvalue weighted by Crippen LogP contribution is -2.58. The Balaban J connectivity index is 1.88. The van der Waals surface area contributed by atoms with Gasteiger partial charge in [-0.3, -0.25) is 9.59 Å². The van der Waals surface area contributed by atoms with Crippen LogP contribution in [0.25, 0.3) is 0 Å². The zero-order valence-corrected chi connectivity index (χ0v) is 19.1. The fraction of sp³-hybridized carbons (Fsp3) is 0.364. The van der Waals surface area contributed by atoms with Gasteiger partial charge in [-0.1, -0.05) is 12.1 Å². The van der Waals surface area contributed by atoms with Crippen LogP contribution >= 0.6 is 0 Å². The third kappa shape index (κ3) is 5.02. The van der Waals surface area contributed by atoms with Gasteiger partial charge in [0.2, 0.25) is 0 Å². The van der Waals surface area contributed by atoms with Crippen LogP contribution in [0.1, 0.15) is 50.6 Å². The average Bonchev–Trinajstić information content (AvgIpc) is 3.18. The summed E-state index contributed by atoms with van der Waals surface area (Å²) in [5, 5.41) is 5.81. The van der Waals surface area contributed by atoms with E-state index in [2.05, 4.69) is 15.2 Å². The lowest BCUT2D eigenvalue weighted by molar-refractivity contribution is -0.344. The van der Waals surface area contributed by atoms with Crippen LogP contribution < -0.4 is 10.7 Å². The molecule has 0 fully saturated rings. The molecule has 1 aliphatic carbocycles. The van der Waals surface area contributed by atoms with Gasteiger partial charge in [-0.2, -0.15) is 35.8 Å². The van der Waals surface area contributed by atoms with E-state index in [9.17, 15) is 45.1 Å². The summed E-state index contributed by atoms with van der Waals surface area (Å²) in [7, 11) is 1.14. The van der Waals surface area contributed by atoms with Crippen molar-refractivity contribution in [3.8, 4) is 0 Å². The molecule has 200 valence electrons. The molecule has 0 atom stereocenters. The molecule has 1 heterocycles. The summed E-state index contributed by atoms with van der Waals surface area (Å²) in [5.74, 6) is -17.4. The summed E-state index contributed by atoms with van der Waals surface area (Å²) in [5.41, 5.74) is 1.25. The maximum absolute atomic E-state index is 13.6. The quantitative estimate of drug-likeness (QED) is 0.318. The molecule has 0 unspecified atom stereocenters. The fourth-order valence-corrected chi connectivity index (χ4v) is 3.56.